The summed E-state index contributed by atoms with van der Waals surface area (Å²) in [7, 11) is 0. The molecule has 1 aromatic carbocycles. The fraction of sp³-hybridized carbons (Fsp3) is 0.273. The maximum absolute atomic E-state index is 11.1. The average Bonchev–Trinajstić information content (AvgIpc) is 2.75. The van der Waals surface area contributed by atoms with Gasteiger partial charge in [0, 0.05) is 10.0 Å². The van der Waals surface area contributed by atoms with Crippen molar-refractivity contribution in [2.75, 3.05) is 6.79 Å². The van der Waals surface area contributed by atoms with Crippen molar-refractivity contribution in [3.8, 4) is 11.5 Å². The highest BCUT2D eigenvalue weighted by atomic mass is 79.9. The molecule has 0 bridgehead atoms. The molecule has 96 valence electrons. The van der Waals surface area contributed by atoms with E-state index in [1.54, 1.807) is 12.1 Å². The molecule has 1 aliphatic rings. The van der Waals surface area contributed by atoms with Gasteiger partial charge in [-0.2, -0.15) is 5.10 Å². The van der Waals surface area contributed by atoms with E-state index >= 15 is 0 Å². The Bertz CT molecular complexity index is 502. The summed E-state index contributed by atoms with van der Waals surface area (Å²) in [6.07, 6.45) is 0.356. The molecule has 0 unspecified atom stereocenters. The van der Waals surface area contributed by atoms with Crippen LogP contribution in [0.4, 0.5) is 0 Å². The molecule has 18 heavy (non-hydrogen) atoms. The molecule has 6 nitrogen and oxygen atoms in total. The van der Waals surface area contributed by atoms with Gasteiger partial charge in [0.2, 0.25) is 6.79 Å². The number of halogens is 1. The number of ether oxygens (including phenoxy) is 2. The second kappa shape index (κ2) is 5.36. The topological polar surface area (TPSA) is 80.2 Å². The Hall–Kier alpha value is -1.60. The Morgan fingerprint density at radius 3 is 2.89 bits per heavy atom. The molecule has 1 heterocycles. The first-order valence-corrected chi connectivity index (χ1v) is 5.97. The summed E-state index contributed by atoms with van der Waals surface area (Å²) in [6.45, 7) is 1.56. The molecule has 0 radical (unpaired) electrons. The Labute approximate surface area is 112 Å². The highest BCUT2D eigenvalue weighted by Crippen LogP contribution is 2.36. The summed E-state index contributed by atoms with van der Waals surface area (Å²) in [5.41, 5.74) is 2.94. The van der Waals surface area contributed by atoms with E-state index in [1.807, 2.05) is 0 Å². The third-order valence-corrected chi connectivity index (χ3v) is 2.94. The van der Waals surface area contributed by atoms with E-state index in [-0.39, 0.29) is 6.79 Å². The van der Waals surface area contributed by atoms with Crippen molar-refractivity contribution >= 4 is 28.1 Å². The Kier molecular flexibility index (Phi) is 3.83. The number of rotatable bonds is 3. The molecule has 1 aliphatic heterocycles. The van der Waals surface area contributed by atoms with Crippen LogP contribution in [0.25, 0.3) is 0 Å². The molecule has 0 aliphatic carbocycles. The number of nitrogens with zero attached hydrogens (tertiary/aromatic N) is 1. The largest absolute Gasteiger partial charge is 0.454 e. The number of aliphatic hydroxyl groups excluding tert-OH is 1. The minimum absolute atomic E-state index is 0.196. The quantitative estimate of drug-likeness (QED) is 0.644. The van der Waals surface area contributed by atoms with Crippen LogP contribution in [0, 0.1) is 0 Å². The Morgan fingerprint density at radius 1 is 1.56 bits per heavy atom. The van der Waals surface area contributed by atoms with Gasteiger partial charge in [-0.1, -0.05) is 0 Å². The average molecular weight is 315 g/mol. The number of amides is 1. The number of carbonyl (C=O) groups excluding carboxylic acids is 1. The molecule has 0 saturated heterocycles. The summed E-state index contributed by atoms with van der Waals surface area (Å²) in [5.74, 6) is 0.719. The molecule has 2 rings (SSSR count). The van der Waals surface area contributed by atoms with E-state index < -0.39 is 12.0 Å². The smallest absolute Gasteiger partial charge is 0.268 e. The molecular weight excluding hydrogens is 304 g/mol. The zero-order chi connectivity index (χ0) is 13.1. The summed E-state index contributed by atoms with van der Waals surface area (Å²) in [4.78, 5) is 11.1. The van der Waals surface area contributed by atoms with Crippen LogP contribution in [-0.2, 0) is 4.79 Å². The number of fused-ring (bicyclic) bond motifs is 1. The first-order valence-electron chi connectivity index (χ1n) is 5.18. The van der Waals surface area contributed by atoms with Gasteiger partial charge in [-0.25, -0.2) is 5.43 Å². The zero-order valence-electron chi connectivity index (χ0n) is 9.51. The number of hydrogen-bond acceptors (Lipinski definition) is 5. The maximum Gasteiger partial charge on any atom is 0.268 e. The molecule has 7 heteroatoms. The van der Waals surface area contributed by atoms with E-state index in [1.165, 1.54) is 13.1 Å². The molecule has 1 amide bonds. The van der Waals surface area contributed by atoms with Crippen molar-refractivity contribution in [1.82, 2.24) is 5.43 Å². The molecule has 0 fully saturated rings. The standard InChI is InChI=1S/C11H11BrN2O4/c1-6(15)11(16)14-13-4-7-2-9-10(3-8(7)12)18-5-17-9/h2-4,6,15H,5H2,1H3,(H,14,16)/b13-4-/t6-/m0/s1. The van der Waals surface area contributed by atoms with Crippen molar-refractivity contribution in [2.24, 2.45) is 5.10 Å². The maximum atomic E-state index is 11.1. The molecule has 2 N–H and O–H groups in total. The fourth-order valence-electron chi connectivity index (χ4n) is 1.29. The van der Waals surface area contributed by atoms with Crippen LogP contribution in [0.5, 0.6) is 11.5 Å². The van der Waals surface area contributed by atoms with Crippen molar-refractivity contribution in [2.45, 2.75) is 13.0 Å². The third kappa shape index (κ3) is 2.80. The third-order valence-electron chi connectivity index (χ3n) is 2.25. The fourth-order valence-corrected chi connectivity index (χ4v) is 1.72. The van der Waals surface area contributed by atoms with Crippen molar-refractivity contribution in [3.63, 3.8) is 0 Å². The number of carbonyl (C=O) groups is 1. The summed E-state index contributed by atoms with van der Waals surface area (Å²) < 4.78 is 11.2. The molecular formula is C11H11BrN2O4. The van der Waals surface area contributed by atoms with Gasteiger partial charge in [0.15, 0.2) is 11.5 Å². The minimum Gasteiger partial charge on any atom is -0.454 e. The number of hydrogen-bond donors (Lipinski definition) is 2. The monoisotopic (exact) mass is 314 g/mol. The molecule has 0 spiro atoms. The number of hydrazone groups is 1. The van der Waals surface area contributed by atoms with Crippen LogP contribution in [0.15, 0.2) is 21.7 Å². The van der Waals surface area contributed by atoms with E-state index in [0.29, 0.717) is 11.5 Å². The van der Waals surface area contributed by atoms with E-state index in [0.717, 1.165) is 10.0 Å². The van der Waals surface area contributed by atoms with Gasteiger partial charge < -0.3 is 14.6 Å². The van der Waals surface area contributed by atoms with Gasteiger partial charge in [0.1, 0.15) is 6.10 Å². The van der Waals surface area contributed by atoms with Gasteiger partial charge in [0.25, 0.3) is 5.91 Å². The van der Waals surface area contributed by atoms with Crippen molar-refractivity contribution in [1.29, 1.82) is 0 Å². The lowest BCUT2D eigenvalue weighted by Crippen LogP contribution is -2.28. The molecule has 0 aromatic heterocycles. The number of aliphatic hydroxyl groups is 1. The van der Waals surface area contributed by atoms with E-state index in [4.69, 9.17) is 14.6 Å². The predicted octanol–water partition coefficient (Wildman–Crippen LogP) is 1.01. The SMILES string of the molecule is C[C@H](O)C(=O)N/N=C\c1cc2c(cc1Br)OCO2. The normalized spacial score (nSPS) is 14.8. The van der Waals surface area contributed by atoms with Crippen LogP contribution in [0.1, 0.15) is 12.5 Å². The van der Waals surface area contributed by atoms with Crippen LogP contribution < -0.4 is 14.9 Å². The van der Waals surface area contributed by atoms with Crippen LogP contribution in [-0.4, -0.2) is 30.1 Å². The minimum atomic E-state index is -1.10. The van der Waals surface area contributed by atoms with Crippen molar-refractivity contribution < 1.29 is 19.4 Å². The molecule has 1 atom stereocenters. The summed E-state index contributed by atoms with van der Waals surface area (Å²) in [5, 5.41) is 12.7. The highest BCUT2D eigenvalue weighted by Gasteiger charge is 2.15. The van der Waals surface area contributed by atoms with Crippen molar-refractivity contribution in [3.05, 3.63) is 22.2 Å². The predicted molar refractivity (Wildman–Crippen MR) is 67.7 cm³/mol. The summed E-state index contributed by atoms with van der Waals surface area (Å²) >= 11 is 3.36. The van der Waals surface area contributed by atoms with Gasteiger partial charge >= 0.3 is 0 Å². The first kappa shape index (κ1) is 12.8. The Balaban J connectivity index is 2.10. The second-order valence-corrected chi connectivity index (χ2v) is 4.49. The van der Waals surface area contributed by atoms with Gasteiger partial charge in [-0.05, 0) is 35.0 Å². The highest BCUT2D eigenvalue weighted by molar-refractivity contribution is 9.10. The second-order valence-electron chi connectivity index (χ2n) is 3.64. The summed E-state index contributed by atoms with van der Waals surface area (Å²) in [6, 6.07) is 3.50. The van der Waals surface area contributed by atoms with Crippen LogP contribution in [0.2, 0.25) is 0 Å². The first-order chi connectivity index (χ1) is 8.58. The molecule has 0 saturated carbocycles. The van der Waals surface area contributed by atoms with Crippen LogP contribution >= 0.6 is 15.9 Å². The lowest BCUT2D eigenvalue weighted by Gasteiger charge is -2.03. The van der Waals surface area contributed by atoms with E-state index in [9.17, 15) is 4.79 Å². The zero-order valence-corrected chi connectivity index (χ0v) is 11.1. The van der Waals surface area contributed by atoms with Gasteiger partial charge in [-0.15, -0.1) is 0 Å². The Morgan fingerprint density at radius 2 is 2.22 bits per heavy atom. The van der Waals surface area contributed by atoms with Gasteiger partial charge in [-0.3, -0.25) is 4.79 Å². The molecule has 1 aromatic rings. The van der Waals surface area contributed by atoms with E-state index in [2.05, 4.69) is 26.5 Å². The number of nitrogens with one attached hydrogen (secondary N) is 1. The number of benzene rings is 1. The van der Waals surface area contributed by atoms with Gasteiger partial charge in [0.05, 0.1) is 6.21 Å². The lowest BCUT2D eigenvalue weighted by molar-refractivity contribution is -0.128. The van der Waals surface area contributed by atoms with Crippen LogP contribution in [0.3, 0.4) is 0 Å². The lowest BCUT2D eigenvalue weighted by atomic mass is 10.2.